The average Bonchev–Trinajstić information content (AvgIpc) is 3.27. The molecular formula is C23H21F3N4. The predicted molar refractivity (Wildman–Crippen MR) is 109 cm³/mol. The molecule has 0 saturated heterocycles. The number of pyridine rings is 1. The molecule has 4 nitrogen and oxygen atoms in total. The first-order valence-corrected chi connectivity index (χ1v) is 9.85. The summed E-state index contributed by atoms with van der Waals surface area (Å²) in [7, 11) is 0. The van der Waals surface area contributed by atoms with Crippen molar-refractivity contribution in [3.05, 3.63) is 90.1 Å². The van der Waals surface area contributed by atoms with Crippen LogP contribution < -0.4 is 0 Å². The van der Waals surface area contributed by atoms with Gasteiger partial charge in [-0.15, -0.1) is 0 Å². The number of hydrogen-bond donors (Lipinski definition) is 0. The maximum atomic E-state index is 13.1. The van der Waals surface area contributed by atoms with E-state index in [1.807, 2.05) is 18.2 Å². The van der Waals surface area contributed by atoms with E-state index in [-0.39, 0.29) is 6.04 Å². The Morgan fingerprint density at radius 2 is 1.87 bits per heavy atom. The van der Waals surface area contributed by atoms with E-state index in [9.17, 15) is 13.2 Å². The van der Waals surface area contributed by atoms with Crippen LogP contribution in [0, 0.1) is 0 Å². The van der Waals surface area contributed by atoms with Gasteiger partial charge in [0.1, 0.15) is 12.7 Å². The summed E-state index contributed by atoms with van der Waals surface area (Å²) < 4.78 is 41.1. The molecule has 0 saturated carbocycles. The molecule has 0 amide bonds. The minimum atomic E-state index is -4.37. The van der Waals surface area contributed by atoms with Gasteiger partial charge in [0.25, 0.3) is 0 Å². The zero-order chi connectivity index (χ0) is 21.0. The van der Waals surface area contributed by atoms with Crippen molar-refractivity contribution in [3.63, 3.8) is 0 Å². The fraction of sp³-hybridized carbons (Fsp3) is 0.261. The number of nitrogens with zero attached hydrogens (tertiary/aromatic N) is 4. The molecule has 2 heterocycles. The van der Waals surface area contributed by atoms with Gasteiger partial charge in [-0.1, -0.05) is 30.7 Å². The number of unbranched alkanes of at least 4 members (excludes halogenated alkanes) is 1. The van der Waals surface area contributed by atoms with Gasteiger partial charge >= 0.3 is 6.18 Å². The van der Waals surface area contributed by atoms with E-state index in [1.165, 1.54) is 24.0 Å². The standard InChI is InChI=1S/C23H21F3N4/c24-23(25,26)20-8-3-6-19(14-20)22(30-16-27-15-29-30)9-2-1-5-17-10-11-21-18(13-17)7-4-12-28-21/h3-4,6-8,10-16,22H,1-2,5,9H2. The molecule has 4 aromatic rings. The third-order valence-electron chi connectivity index (χ3n) is 5.22. The number of benzene rings is 2. The number of alkyl halides is 3. The fourth-order valence-corrected chi connectivity index (χ4v) is 3.70. The van der Waals surface area contributed by atoms with E-state index < -0.39 is 11.7 Å². The molecule has 0 N–H and O–H groups in total. The van der Waals surface area contributed by atoms with Crippen LogP contribution >= 0.6 is 0 Å². The van der Waals surface area contributed by atoms with Crippen molar-refractivity contribution >= 4 is 10.9 Å². The Morgan fingerprint density at radius 3 is 2.67 bits per heavy atom. The normalized spacial score (nSPS) is 12.9. The second-order valence-corrected chi connectivity index (χ2v) is 7.29. The minimum absolute atomic E-state index is 0.282. The molecule has 4 rings (SSSR count). The highest BCUT2D eigenvalue weighted by molar-refractivity contribution is 5.78. The summed E-state index contributed by atoms with van der Waals surface area (Å²) in [5.41, 5.74) is 2.14. The van der Waals surface area contributed by atoms with Crippen molar-refractivity contribution in [1.82, 2.24) is 19.7 Å². The maximum Gasteiger partial charge on any atom is 0.416 e. The SMILES string of the molecule is FC(F)(F)c1cccc(C(CCCCc2ccc3ncccc3c2)n2cncn2)c1. The lowest BCUT2D eigenvalue weighted by Gasteiger charge is -2.19. The van der Waals surface area contributed by atoms with Crippen molar-refractivity contribution in [3.8, 4) is 0 Å². The maximum absolute atomic E-state index is 13.1. The molecule has 0 bridgehead atoms. The molecule has 7 heteroatoms. The first kappa shape index (κ1) is 20.1. The van der Waals surface area contributed by atoms with Gasteiger partial charge in [0.05, 0.1) is 17.1 Å². The highest BCUT2D eigenvalue weighted by atomic mass is 19.4. The van der Waals surface area contributed by atoms with E-state index >= 15 is 0 Å². The molecule has 0 aliphatic rings. The molecule has 0 spiro atoms. The molecule has 0 fully saturated rings. The summed E-state index contributed by atoms with van der Waals surface area (Å²) >= 11 is 0. The smallest absolute Gasteiger partial charge is 0.256 e. The number of hydrogen-bond acceptors (Lipinski definition) is 3. The van der Waals surface area contributed by atoms with Gasteiger partial charge in [-0.2, -0.15) is 18.3 Å². The van der Waals surface area contributed by atoms with Crippen LogP contribution in [0.3, 0.4) is 0 Å². The van der Waals surface area contributed by atoms with Crippen LogP contribution in [-0.4, -0.2) is 19.7 Å². The largest absolute Gasteiger partial charge is 0.416 e. The molecule has 1 atom stereocenters. The van der Waals surface area contributed by atoms with Crippen LogP contribution in [0.15, 0.2) is 73.4 Å². The molecule has 1 unspecified atom stereocenters. The van der Waals surface area contributed by atoms with Crippen LogP contribution in [0.1, 0.15) is 42.0 Å². The number of rotatable bonds is 7. The van der Waals surface area contributed by atoms with Gasteiger partial charge < -0.3 is 0 Å². The molecule has 2 aromatic carbocycles. The van der Waals surface area contributed by atoms with E-state index in [0.717, 1.165) is 36.2 Å². The average molecular weight is 410 g/mol. The van der Waals surface area contributed by atoms with Crippen LogP contribution in [-0.2, 0) is 12.6 Å². The first-order valence-electron chi connectivity index (χ1n) is 9.85. The third-order valence-corrected chi connectivity index (χ3v) is 5.22. The van der Waals surface area contributed by atoms with Gasteiger partial charge in [0.2, 0.25) is 0 Å². The van der Waals surface area contributed by atoms with Gasteiger partial charge in [-0.3, -0.25) is 4.98 Å². The van der Waals surface area contributed by atoms with Crippen LogP contribution in [0.25, 0.3) is 10.9 Å². The lowest BCUT2D eigenvalue weighted by Crippen LogP contribution is -2.13. The monoisotopic (exact) mass is 410 g/mol. The van der Waals surface area contributed by atoms with Crippen molar-refractivity contribution in [2.24, 2.45) is 0 Å². The quantitative estimate of drug-likeness (QED) is 0.359. The summed E-state index contributed by atoms with van der Waals surface area (Å²) in [5.74, 6) is 0. The second kappa shape index (κ2) is 8.65. The Morgan fingerprint density at radius 1 is 0.967 bits per heavy atom. The lowest BCUT2D eigenvalue weighted by atomic mass is 9.97. The van der Waals surface area contributed by atoms with Gasteiger partial charge in [-0.25, -0.2) is 9.67 Å². The Kier molecular flexibility index (Phi) is 5.79. The minimum Gasteiger partial charge on any atom is -0.256 e. The number of aromatic nitrogens is 4. The molecular weight excluding hydrogens is 389 g/mol. The summed E-state index contributed by atoms with van der Waals surface area (Å²) in [4.78, 5) is 8.30. The summed E-state index contributed by atoms with van der Waals surface area (Å²) in [6, 6.07) is 15.4. The molecule has 0 aliphatic carbocycles. The number of fused-ring (bicyclic) bond motifs is 1. The Balaban J connectivity index is 1.44. The highest BCUT2D eigenvalue weighted by Gasteiger charge is 2.31. The van der Waals surface area contributed by atoms with Crippen LogP contribution in [0.4, 0.5) is 13.2 Å². The number of aryl methyl sites for hydroxylation is 1. The molecule has 0 radical (unpaired) electrons. The van der Waals surface area contributed by atoms with Crippen LogP contribution in [0.5, 0.6) is 0 Å². The van der Waals surface area contributed by atoms with Gasteiger partial charge in [0, 0.05) is 11.6 Å². The van der Waals surface area contributed by atoms with Gasteiger partial charge in [0.15, 0.2) is 0 Å². The lowest BCUT2D eigenvalue weighted by molar-refractivity contribution is -0.137. The highest BCUT2D eigenvalue weighted by Crippen LogP contribution is 2.32. The summed E-state index contributed by atoms with van der Waals surface area (Å²) in [6.45, 7) is 0. The van der Waals surface area contributed by atoms with Crippen molar-refractivity contribution in [2.45, 2.75) is 37.9 Å². The van der Waals surface area contributed by atoms with E-state index in [4.69, 9.17) is 0 Å². The van der Waals surface area contributed by atoms with E-state index in [0.29, 0.717) is 12.0 Å². The summed E-state index contributed by atoms with van der Waals surface area (Å²) in [6.07, 6.45) is 3.73. The van der Waals surface area contributed by atoms with E-state index in [2.05, 4.69) is 27.2 Å². The second-order valence-electron chi connectivity index (χ2n) is 7.29. The molecule has 30 heavy (non-hydrogen) atoms. The van der Waals surface area contributed by atoms with Crippen molar-refractivity contribution < 1.29 is 13.2 Å². The Bertz CT molecular complexity index is 1110. The predicted octanol–water partition coefficient (Wildman–Crippen LogP) is 5.85. The molecule has 0 aliphatic heterocycles. The molecule has 154 valence electrons. The van der Waals surface area contributed by atoms with Crippen molar-refractivity contribution in [1.29, 1.82) is 0 Å². The van der Waals surface area contributed by atoms with Crippen molar-refractivity contribution in [2.75, 3.05) is 0 Å². The topological polar surface area (TPSA) is 43.6 Å². The number of halogens is 3. The zero-order valence-electron chi connectivity index (χ0n) is 16.3. The fourth-order valence-electron chi connectivity index (χ4n) is 3.70. The third kappa shape index (κ3) is 4.67. The Labute approximate surface area is 172 Å². The Hall–Kier alpha value is -3.22. The molecule has 2 aromatic heterocycles. The van der Waals surface area contributed by atoms with Crippen LogP contribution in [0.2, 0.25) is 0 Å². The summed E-state index contributed by atoms with van der Waals surface area (Å²) in [5, 5.41) is 5.28. The first-order chi connectivity index (χ1) is 14.5. The van der Waals surface area contributed by atoms with E-state index in [1.54, 1.807) is 23.3 Å². The van der Waals surface area contributed by atoms with Gasteiger partial charge in [-0.05, 0) is 60.7 Å². The zero-order valence-corrected chi connectivity index (χ0v) is 16.3.